The molecule has 0 aromatic heterocycles. The summed E-state index contributed by atoms with van der Waals surface area (Å²) in [6.45, 7) is 3.13. The first-order valence-corrected chi connectivity index (χ1v) is 3.60. The van der Waals surface area contributed by atoms with E-state index in [4.69, 9.17) is 10.2 Å². The van der Waals surface area contributed by atoms with E-state index in [0.29, 0.717) is 0 Å². The molecule has 1 amide bonds. The van der Waals surface area contributed by atoms with Crippen molar-refractivity contribution < 1.29 is 24.6 Å². The van der Waals surface area contributed by atoms with E-state index < -0.39 is 30.3 Å². The van der Waals surface area contributed by atoms with Crippen molar-refractivity contribution in [1.82, 2.24) is 10.9 Å². The third-order valence-electron chi connectivity index (χ3n) is 1.23. The first kappa shape index (κ1) is 12.1. The van der Waals surface area contributed by atoms with Gasteiger partial charge in [-0.3, -0.25) is 19.8 Å². The minimum absolute atomic E-state index is 0.632. The highest BCUT2D eigenvalue weighted by Crippen LogP contribution is 1.90. The van der Waals surface area contributed by atoms with Crippen LogP contribution in [0.25, 0.3) is 0 Å². The fourth-order valence-corrected chi connectivity index (χ4v) is 0.584. The number of hydrogen-bond donors (Lipinski definition) is 4. The van der Waals surface area contributed by atoms with Gasteiger partial charge < -0.3 is 10.2 Å². The van der Waals surface area contributed by atoms with Crippen molar-refractivity contribution in [2.75, 3.05) is 0 Å². The summed E-state index contributed by atoms with van der Waals surface area (Å²) in [6.07, 6.45) is 0.291. The summed E-state index contributed by atoms with van der Waals surface area (Å²) in [7, 11) is 0. The van der Waals surface area contributed by atoms with Gasteiger partial charge in [-0.25, -0.2) is 5.43 Å². The number of carbonyl (C=O) groups excluding carboxylic acids is 1. The van der Waals surface area contributed by atoms with Gasteiger partial charge in [0.15, 0.2) is 0 Å². The van der Waals surface area contributed by atoms with Gasteiger partial charge in [-0.15, -0.1) is 0 Å². The molecule has 7 heteroatoms. The standard InChI is InChI=1S/C7H10N2O5/c1-2-5(10)9-8-4(7(13)14)3-6(11)12/h2,4,8H,1,3H2,(H,9,10)(H,11,12)(H,13,14)/t4-/m0/s1. The van der Waals surface area contributed by atoms with Crippen LogP contribution in [0.1, 0.15) is 6.42 Å². The van der Waals surface area contributed by atoms with Crippen molar-refractivity contribution in [2.45, 2.75) is 12.5 Å². The number of hydrazine groups is 1. The van der Waals surface area contributed by atoms with Gasteiger partial charge in [0.05, 0.1) is 6.42 Å². The number of rotatable bonds is 6. The molecule has 0 unspecified atom stereocenters. The SMILES string of the molecule is C=CC(=O)NN[C@@H](CC(=O)O)C(=O)O. The number of carboxylic acid groups (broad SMARTS) is 2. The van der Waals surface area contributed by atoms with Crippen LogP contribution in [0, 0.1) is 0 Å². The van der Waals surface area contributed by atoms with Crippen molar-refractivity contribution in [3.63, 3.8) is 0 Å². The van der Waals surface area contributed by atoms with E-state index in [0.717, 1.165) is 6.08 Å². The maximum absolute atomic E-state index is 10.6. The second-order valence-corrected chi connectivity index (χ2v) is 2.33. The van der Waals surface area contributed by atoms with Crippen LogP contribution in [0.3, 0.4) is 0 Å². The summed E-state index contributed by atoms with van der Waals surface area (Å²) in [5.41, 5.74) is 4.02. The highest BCUT2D eigenvalue weighted by molar-refractivity contribution is 5.87. The lowest BCUT2D eigenvalue weighted by molar-refractivity contribution is -0.146. The molecule has 1 atom stereocenters. The van der Waals surface area contributed by atoms with E-state index in [1.165, 1.54) is 0 Å². The molecule has 0 fully saturated rings. The van der Waals surface area contributed by atoms with Crippen molar-refractivity contribution in [2.24, 2.45) is 0 Å². The molecule has 14 heavy (non-hydrogen) atoms. The molecule has 0 saturated carbocycles. The highest BCUT2D eigenvalue weighted by atomic mass is 16.4. The number of aliphatic carboxylic acids is 2. The molecule has 0 aliphatic carbocycles. The van der Waals surface area contributed by atoms with Crippen molar-refractivity contribution in [3.05, 3.63) is 12.7 Å². The summed E-state index contributed by atoms with van der Waals surface area (Å²) in [5, 5.41) is 16.8. The van der Waals surface area contributed by atoms with E-state index in [1.807, 2.05) is 5.43 Å². The molecule has 78 valence electrons. The van der Waals surface area contributed by atoms with E-state index in [9.17, 15) is 14.4 Å². The summed E-state index contributed by atoms with van der Waals surface area (Å²) < 4.78 is 0. The highest BCUT2D eigenvalue weighted by Gasteiger charge is 2.20. The predicted molar refractivity (Wildman–Crippen MR) is 45.2 cm³/mol. The number of nitrogens with one attached hydrogen (secondary N) is 2. The van der Waals surface area contributed by atoms with Gasteiger partial charge in [-0.2, -0.15) is 0 Å². The van der Waals surface area contributed by atoms with Gasteiger partial charge >= 0.3 is 11.9 Å². The van der Waals surface area contributed by atoms with Crippen LogP contribution in [0.4, 0.5) is 0 Å². The van der Waals surface area contributed by atoms with Crippen molar-refractivity contribution >= 4 is 17.8 Å². The van der Waals surface area contributed by atoms with Crippen LogP contribution in [-0.2, 0) is 14.4 Å². The number of amides is 1. The molecule has 0 saturated heterocycles. The lowest BCUT2D eigenvalue weighted by Crippen LogP contribution is -2.48. The Kier molecular flexibility index (Phi) is 4.93. The Hall–Kier alpha value is -1.89. The monoisotopic (exact) mass is 202 g/mol. The molecule has 4 N–H and O–H groups in total. The molecule has 0 aromatic rings. The molecule has 0 aliphatic rings. The van der Waals surface area contributed by atoms with E-state index in [2.05, 4.69) is 12.0 Å². The Morgan fingerprint density at radius 1 is 1.36 bits per heavy atom. The van der Waals surface area contributed by atoms with Crippen LogP contribution in [0.2, 0.25) is 0 Å². The van der Waals surface area contributed by atoms with Gasteiger partial charge in [0.25, 0.3) is 5.91 Å². The third-order valence-corrected chi connectivity index (χ3v) is 1.23. The quantitative estimate of drug-likeness (QED) is 0.315. The molecular weight excluding hydrogens is 192 g/mol. The Labute approximate surface area is 79.4 Å². The Bertz CT molecular complexity index is 263. The third kappa shape index (κ3) is 4.88. The van der Waals surface area contributed by atoms with Crippen LogP contribution >= 0.6 is 0 Å². The van der Waals surface area contributed by atoms with Crippen molar-refractivity contribution in [1.29, 1.82) is 0 Å². The normalized spacial score (nSPS) is 11.4. The second kappa shape index (κ2) is 5.70. The minimum Gasteiger partial charge on any atom is -0.481 e. The maximum Gasteiger partial charge on any atom is 0.323 e. The molecule has 0 aliphatic heterocycles. The lowest BCUT2D eigenvalue weighted by atomic mass is 10.2. The molecule has 0 radical (unpaired) electrons. The molecule has 0 heterocycles. The van der Waals surface area contributed by atoms with Crippen LogP contribution < -0.4 is 10.9 Å². The van der Waals surface area contributed by atoms with Crippen LogP contribution in [0.15, 0.2) is 12.7 Å². The maximum atomic E-state index is 10.6. The van der Waals surface area contributed by atoms with Crippen LogP contribution in [-0.4, -0.2) is 34.1 Å². The van der Waals surface area contributed by atoms with E-state index in [1.54, 1.807) is 0 Å². The molecule has 0 rings (SSSR count). The number of hydrogen-bond acceptors (Lipinski definition) is 4. The van der Waals surface area contributed by atoms with E-state index >= 15 is 0 Å². The molecule has 0 aromatic carbocycles. The van der Waals surface area contributed by atoms with E-state index in [-0.39, 0.29) is 0 Å². The van der Waals surface area contributed by atoms with Gasteiger partial charge in [-0.05, 0) is 6.08 Å². The topological polar surface area (TPSA) is 116 Å². The zero-order valence-corrected chi connectivity index (χ0v) is 7.19. The summed E-state index contributed by atoms with van der Waals surface area (Å²) in [6, 6.07) is -1.36. The van der Waals surface area contributed by atoms with Crippen molar-refractivity contribution in [3.8, 4) is 0 Å². The summed E-state index contributed by atoms with van der Waals surface area (Å²) in [5.74, 6) is -3.28. The average Bonchev–Trinajstić information content (AvgIpc) is 2.10. The zero-order valence-electron chi connectivity index (χ0n) is 7.19. The average molecular weight is 202 g/mol. The first-order valence-electron chi connectivity index (χ1n) is 3.60. The predicted octanol–water partition coefficient (Wildman–Crippen LogP) is -1.28. The first-order chi connectivity index (χ1) is 6.47. The Balaban J connectivity index is 4.10. The van der Waals surface area contributed by atoms with Gasteiger partial charge in [0, 0.05) is 0 Å². The largest absolute Gasteiger partial charge is 0.481 e. The molecule has 7 nitrogen and oxygen atoms in total. The molecule has 0 spiro atoms. The number of carboxylic acids is 2. The second-order valence-electron chi connectivity index (χ2n) is 2.33. The van der Waals surface area contributed by atoms with Gasteiger partial charge in [0.2, 0.25) is 0 Å². The Morgan fingerprint density at radius 3 is 2.29 bits per heavy atom. The van der Waals surface area contributed by atoms with Crippen LogP contribution in [0.5, 0.6) is 0 Å². The minimum atomic E-state index is -1.36. The zero-order chi connectivity index (χ0) is 11.1. The summed E-state index contributed by atoms with van der Waals surface area (Å²) >= 11 is 0. The molecule has 0 bridgehead atoms. The Morgan fingerprint density at radius 2 is 1.93 bits per heavy atom. The number of carbonyl (C=O) groups is 3. The van der Waals surface area contributed by atoms with Gasteiger partial charge in [0.1, 0.15) is 6.04 Å². The fourth-order valence-electron chi connectivity index (χ4n) is 0.584. The molecular formula is C7H10N2O5. The van der Waals surface area contributed by atoms with Gasteiger partial charge in [-0.1, -0.05) is 6.58 Å². The smallest absolute Gasteiger partial charge is 0.323 e. The summed E-state index contributed by atoms with van der Waals surface area (Å²) in [4.78, 5) is 31.2. The lowest BCUT2D eigenvalue weighted by Gasteiger charge is -2.11. The fraction of sp³-hybridized carbons (Fsp3) is 0.286.